The van der Waals surface area contributed by atoms with Gasteiger partial charge in [0.2, 0.25) is 10.0 Å². The first kappa shape index (κ1) is 20.3. The largest absolute Gasteiger partial charge is 0.379 e. The van der Waals surface area contributed by atoms with Crippen LogP contribution in [-0.2, 0) is 14.8 Å². The van der Waals surface area contributed by atoms with Crippen LogP contribution in [0.3, 0.4) is 0 Å². The first-order chi connectivity index (χ1) is 12.8. The van der Waals surface area contributed by atoms with Gasteiger partial charge >= 0.3 is 0 Å². The minimum absolute atomic E-state index is 0.0482. The molecular weight excluding hydrogens is 456 g/mol. The summed E-state index contributed by atoms with van der Waals surface area (Å²) in [5.41, 5.74) is 1.66. The molecule has 1 amide bonds. The molecule has 1 heterocycles. The van der Waals surface area contributed by atoms with Crippen molar-refractivity contribution >= 4 is 49.1 Å². The number of nitrogens with zero attached hydrogens (tertiary/aromatic N) is 1. The Kier molecular flexibility index (Phi) is 6.22. The third-order valence-corrected chi connectivity index (χ3v) is 7.36. The monoisotopic (exact) mass is 472 g/mol. The summed E-state index contributed by atoms with van der Waals surface area (Å²) in [5, 5.41) is 3.13. The van der Waals surface area contributed by atoms with Gasteiger partial charge in [0.1, 0.15) is 0 Å². The average molecular weight is 474 g/mol. The fourth-order valence-corrected chi connectivity index (χ4v) is 5.33. The molecule has 1 aliphatic heterocycles. The second-order valence-electron chi connectivity index (χ2n) is 6.10. The van der Waals surface area contributed by atoms with Crippen molar-refractivity contribution in [3.8, 4) is 0 Å². The molecule has 1 fully saturated rings. The number of carbonyl (C=O) groups is 1. The van der Waals surface area contributed by atoms with E-state index in [9.17, 15) is 13.2 Å². The fraction of sp³-hybridized carbons (Fsp3) is 0.278. The van der Waals surface area contributed by atoms with Crippen LogP contribution in [0.15, 0.2) is 45.8 Å². The van der Waals surface area contributed by atoms with Crippen molar-refractivity contribution in [2.45, 2.75) is 11.8 Å². The highest BCUT2D eigenvalue weighted by Crippen LogP contribution is 2.28. The summed E-state index contributed by atoms with van der Waals surface area (Å²) in [5.74, 6) is -0.438. The zero-order valence-corrected chi connectivity index (χ0v) is 17.7. The number of hydrogen-bond acceptors (Lipinski definition) is 4. The third kappa shape index (κ3) is 4.52. The molecule has 3 rings (SSSR count). The lowest BCUT2D eigenvalue weighted by Crippen LogP contribution is -2.40. The fourth-order valence-electron chi connectivity index (χ4n) is 2.68. The number of sulfonamides is 1. The molecule has 27 heavy (non-hydrogen) atoms. The number of carbonyl (C=O) groups excluding carboxylic acids is 1. The van der Waals surface area contributed by atoms with Gasteiger partial charge in [-0.25, -0.2) is 8.42 Å². The molecule has 0 unspecified atom stereocenters. The van der Waals surface area contributed by atoms with Crippen molar-refractivity contribution in [1.82, 2.24) is 4.31 Å². The Morgan fingerprint density at radius 1 is 1.19 bits per heavy atom. The summed E-state index contributed by atoms with van der Waals surface area (Å²) in [4.78, 5) is 12.7. The number of nitrogens with one attached hydrogen (secondary N) is 1. The van der Waals surface area contributed by atoms with Crippen LogP contribution in [0.4, 0.5) is 5.69 Å². The molecule has 0 atom stereocenters. The van der Waals surface area contributed by atoms with E-state index in [-0.39, 0.29) is 23.5 Å². The van der Waals surface area contributed by atoms with Gasteiger partial charge in [-0.3, -0.25) is 4.79 Å². The summed E-state index contributed by atoms with van der Waals surface area (Å²) in [6.07, 6.45) is 0. The highest BCUT2D eigenvalue weighted by Gasteiger charge is 2.29. The van der Waals surface area contributed by atoms with Crippen molar-refractivity contribution in [2.24, 2.45) is 0 Å². The Labute approximate surface area is 171 Å². The van der Waals surface area contributed by atoms with Gasteiger partial charge in [0.05, 0.1) is 28.8 Å². The summed E-state index contributed by atoms with van der Waals surface area (Å²) in [7, 11) is -3.73. The molecule has 0 saturated carbocycles. The maximum Gasteiger partial charge on any atom is 0.255 e. The Hall–Kier alpha value is -1.45. The Bertz CT molecular complexity index is 975. The molecule has 1 aliphatic rings. The second kappa shape index (κ2) is 8.28. The van der Waals surface area contributed by atoms with Crippen LogP contribution in [0.25, 0.3) is 0 Å². The highest BCUT2D eigenvalue weighted by molar-refractivity contribution is 9.10. The normalized spacial score (nSPS) is 15.5. The van der Waals surface area contributed by atoms with E-state index in [1.165, 1.54) is 10.4 Å². The third-order valence-electron chi connectivity index (χ3n) is 4.15. The van der Waals surface area contributed by atoms with E-state index in [2.05, 4.69) is 21.2 Å². The molecule has 0 radical (unpaired) electrons. The molecule has 2 aromatic carbocycles. The summed E-state index contributed by atoms with van der Waals surface area (Å²) < 4.78 is 32.8. The quantitative estimate of drug-likeness (QED) is 0.735. The van der Waals surface area contributed by atoms with E-state index in [1.807, 2.05) is 13.0 Å². The SMILES string of the molecule is Cc1ccc(NC(=O)c2ccc(Br)c(S(=O)(=O)N3CCOCC3)c2)c(Cl)c1. The molecule has 0 aliphatic carbocycles. The number of benzene rings is 2. The van der Waals surface area contributed by atoms with E-state index in [0.29, 0.717) is 28.4 Å². The van der Waals surface area contributed by atoms with Gasteiger partial charge in [0, 0.05) is 23.1 Å². The summed E-state index contributed by atoms with van der Waals surface area (Å²) in [6.45, 7) is 3.16. The Morgan fingerprint density at radius 3 is 2.56 bits per heavy atom. The van der Waals surface area contributed by atoms with Gasteiger partial charge in [0.25, 0.3) is 5.91 Å². The van der Waals surface area contributed by atoms with Gasteiger partial charge in [-0.2, -0.15) is 4.31 Å². The Balaban J connectivity index is 1.89. The number of rotatable bonds is 4. The minimum atomic E-state index is -3.73. The number of hydrogen-bond donors (Lipinski definition) is 1. The van der Waals surface area contributed by atoms with Crippen molar-refractivity contribution in [3.63, 3.8) is 0 Å². The molecular formula is C18H18BrClN2O4S. The van der Waals surface area contributed by atoms with E-state index in [0.717, 1.165) is 5.56 Å². The lowest BCUT2D eigenvalue weighted by molar-refractivity contribution is 0.0730. The summed E-state index contributed by atoms with van der Waals surface area (Å²) >= 11 is 9.43. The molecule has 1 N–H and O–H groups in total. The molecule has 2 aromatic rings. The average Bonchev–Trinajstić information content (AvgIpc) is 2.65. The predicted molar refractivity (Wildman–Crippen MR) is 108 cm³/mol. The molecule has 144 valence electrons. The van der Waals surface area contributed by atoms with Crippen LogP contribution < -0.4 is 5.32 Å². The standard InChI is InChI=1S/C18H18BrClN2O4S/c1-12-2-5-16(15(20)10-12)21-18(23)13-3-4-14(19)17(11-13)27(24,25)22-6-8-26-9-7-22/h2-5,10-11H,6-9H2,1H3,(H,21,23). The van der Waals surface area contributed by atoms with Gasteiger partial charge in [-0.05, 0) is 58.7 Å². The van der Waals surface area contributed by atoms with Crippen LogP contribution in [0.2, 0.25) is 5.02 Å². The van der Waals surface area contributed by atoms with Gasteiger partial charge in [-0.1, -0.05) is 17.7 Å². The number of ether oxygens (including phenoxy) is 1. The van der Waals surface area contributed by atoms with Crippen LogP contribution in [0.5, 0.6) is 0 Å². The maximum atomic E-state index is 12.9. The number of amides is 1. The van der Waals surface area contributed by atoms with Crippen molar-refractivity contribution in [2.75, 3.05) is 31.6 Å². The van der Waals surface area contributed by atoms with E-state index in [4.69, 9.17) is 16.3 Å². The van der Waals surface area contributed by atoms with Crippen LogP contribution >= 0.6 is 27.5 Å². The number of morpholine rings is 1. The minimum Gasteiger partial charge on any atom is -0.379 e. The molecule has 0 spiro atoms. The first-order valence-corrected chi connectivity index (χ1v) is 10.8. The molecule has 1 saturated heterocycles. The highest BCUT2D eigenvalue weighted by atomic mass is 79.9. The number of aryl methyl sites for hydroxylation is 1. The predicted octanol–water partition coefficient (Wildman–Crippen LogP) is 3.68. The van der Waals surface area contributed by atoms with Crippen molar-refractivity contribution in [1.29, 1.82) is 0 Å². The molecule has 0 bridgehead atoms. The van der Waals surface area contributed by atoms with Gasteiger partial charge in [-0.15, -0.1) is 0 Å². The van der Waals surface area contributed by atoms with Gasteiger partial charge in [0.15, 0.2) is 0 Å². The lowest BCUT2D eigenvalue weighted by atomic mass is 10.2. The topological polar surface area (TPSA) is 75.7 Å². The van der Waals surface area contributed by atoms with Crippen LogP contribution in [-0.4, -0.2) is 44.9 Å². The first-order valence-electron chi connectivity index (χ1n) is 8.24. The number of anilines is 1. The van der Waals surface area contributed by atoms with Crippen molar-refractivity contribution < 1.29 is 17.9 Å². The Morgan fingerprint density at radius 2 is 1.89 bits per heavy atom. The molecule has 9 heteroatoms. The van der Waals surface area contributed by atoms with E-state index < -0.39 is 15.9 Å². The maximum absolute atomic E-state index is 12.9. The zero-order chi connectivity index (χ0) is 19.6. The lowest BCUT2D eigenvalue weighted by Gasteiger charge is -2.26. The molecule has 6 nitrogen and oxygen atoms in total. The van der Waals surface area contributed by atoms with E-state index >= 15 is 0 Å². The van der Waals surface area contributed by atoms with Crippen LogP contribution in [0, 0.1) is 6.92 Å². The smallest absolute Gasteiger partial charge is 0.255 e. The van der Waals surface area contributed by atoms with Crippen molar-refractivity contribution in [3.05, 3.63) is 57.0 Å². The van der Waals surface area contributed by atoms with Crippen LogP contribution in [0.1, 0.15) is 15.9 Å². The second-order valence-corrected chi connectivity index (χ2v) is 9.27. The number of halogens is 2. The molecule has 0 aromatic heterocycles. The van der Waals surface area contributed by atoms with E-state index in [1.54, 1.807) is 24.3 Å². The summed E-state index contributed by atoms with van der Waals surface area (Å²) in [6, 6.07) is 9.76. The van der Waals surface area contributed by atoms with Gasteiger partial charge < -0.3 is 10.1 Å². The zero-order valence-electron chi connectivity index (χ0n) is 14.5.